The number of benzene rings is 1. The molecule has 0 N–H and O–H groups in total. The molecule has 4 nitrogen and oxygen atoms in total. The van der Waals surface area contributed by atoms with Gasteiger partial charge < -0.3 is 4.74 Å². The highest BCUT2D eigenvalue weighted by molar-refractivity contribution is 6.28. The summed E-state index contributed by atoms with van der Waals surface area (Å²) in [6.45, 7) is 2.77. The summed E-state index contributed by atoms with van der Waals surface area (Å²) in [5, 5.41) is 8.45. The Labute approximate surface area is 112 Å². The largest absolute Gasteiger partial charge is 0.497 e. The molecule has 2 rings (SSSR count). The summed E-state index contributed by atoms with van der Waals surface area (Å²) in [6.07, 6.45) is 1.90. The van der Waals surface area contributed by atoms with Gasteiger partial charge in [0.15, 0.2) is 0 Å². The molecule has 0 radical (unpaired) electrons. The van der Waals surface area contributed by atoms with Crippen molar-refractivity contribution >= 4 is 11.6 Å². The molecule has 96 valence electrons. The Hall–Kier alpha value is -1.55. The highest BCUT2D eigenvalue weighted by atomic mass is 35.5. The molecule has 0 aliphatic heterocycles. The minimum absolute atomic E-state index is 0.432. The molecule has 0 bridgehead atoms. The van der Waals surface area contributed by atoms with E-state index in [1.807, 2.05) is 28.8 Å². The van der Waals surface area contributed by atoms with Crippen molar-refractivity contribution in [2.75, 3.05) is 7.11 Å². The molecule has 0 fully saturated rings. The molecule has 0 saturated carbocycles. The lowest BCUT2D eigenvalue weighted by atomic mass is 10.2. The Morgan fingerprint density at radius 1 is 1.33 bits per heavy atom. The van der Waals surface area contributed by atoms with E-state index in [9.17, 15) is 0 Å². The third kappa shape index (κ3) is 2.82. The van der Waals surface area contributed by atoms with E-state index in [0.717, 1.165) is 30.0 Å². The summed E-state index contributed by atoms with van der Waals surface area (Å²) in [4.78, 5) is 0. The Balaban J connectivity index is 2.24. The Bertz CT molecular complexity index is 525. The predicted octanol–water partition coefficient (Wildman–Crippen LogP) is 2.94. The zero-order chi connectivity index (χ0) is 13.0. The van der Waals surface area contributed by atoms with Gasteiger partial charge in [0.2, 0.25) is 5.28 Å². The van der Waals surface area contributed by atoms with Crippen molar-refractivity contribution in [1.82, 2.24) is 14.8 Å². The lowest BCUT2D eigenvalue weighted by molar-refractivity contribution is 0.414. The lowest BCUT2D eigenvalue weighted by Gasteiger charge is -2.08. The number of aromatic nitrogens is 3. The molecule has 0 atom stereocenters. The molecule has 0 aliphatic carbocycles. The van der Waals surface area contributed by atoms with Crippen LogP contribution in [0.4, 0.5) is 0 Å². The van der Waals surface area contributed by atoms with Crippen LogP contribution >= 0.6 is 11.6 Å². The lowest BCUT2D eigenvalue weighted by Crippen LogP contribution is -2.05. The molecule has 2 aromatic rings. The standard InChI is InChI=1S/C13H16ClN3O/c1-3-5-12-15-16-13(14)17(12)9-10-6-4-7-11(8-10)18-2/h4,6-8H,3,5,9H2,1-2H3. The van der Waals surface area contributed by atoms with E-state index in [1.165, 1.54) is 0 Å². The van der Waals surface area contributed by atoms with Crippen LogP contribution in [-0.4, -0.2) is 21.9 Å². The maximum absolute atomic E-state index is 6.06. The molecule has 0 unspecified atom stereocenters. The molecule has 0 aliphatic rings. The number of halogens is 1. The quantitative estimate of drug-likeness (QED) is 0.834. The number of rotatable bonds is 5. The van der Waals surface area contributed by atoms with Crippen molar-refractivity contribution in [2.24, 2.45) is 0 Å². The fraction of sp³-hybridized carbons (Fsp3) is 0.385. The van der Waals surface area contributed by atoms with Crippen molar-refractivity contribution in [3.63, 3.8) is 0 Å². The summed E-state index contributed by atoms with van der Waals surface area (Å²) >= 11 is 6.06. The minimum Gasteiger partial charge on any atom is -0.497 e. The van der Waals surface area contributed by atoms with E-state index >= 15 is 0 Å². The van der Waals surface area contributed by atoms with E-state index in [-0.39, 0.29) is 0 Å². The zero-order valence-corrected chi connectivity index (χ0v) is 11.3. The van der Waals surface area contributed by atoms with Crippen molar-refractivity contribution < 1.29 is 4.74 Å². The van der Waals surface area contributed by atoms with Gasteiger partial charge in [-0.25, -0.2) is 0 Å². The summed E-state index contributed by atoms with van der Waals surface area (Å²) in [6, 6.07) is 7.91. The zero-order valence-electron chi connectivity index (χ0n) is 10.6. The summed E-state index contributed by atoms with van der Waals surface area (Å²) < 4.78 is 7.14. The maximum atomic E-state index is 6.06. The predicted molar refractivity (Wildman–Crippen MR) is 71.1 cm³/mol. The van der Waals surface area contributed by atoms with E-state index in [4.69, 9.17) is 16.3 Å². The molecular weight excluding hydrogens is 250 g/mol. The summed E-state index contributed by atoms with van der Waals surface area (Å²) in [5.41, 5.74) is 1.12. The summed E-state index contributed by atoms with van der Waals surface area (Å²) in [7, 11) is 1.66. The van der Waals surface area contributed by atoms with Gasteiger partial charge in [-0.15, -0.1) is 10.2 Å². The minimum atomic E-state index is 0.432. The molecular formula is C13H16ClN3O. The number of hydrogen-bond donors (Lipinski definition) is 0. The molecule has 0 amide bonds. The van der Waals surface area contributed by atoms with Crippen LogP contribution in [-0.2, 0) is 13.0 Å². The van der Waals surface area contributed by atoms with Gasteiger partial charge >= 0.3 is 0 Å². The highest BCUT2D eigenvalue weighted by Crippen LogP contribution is 2.17. The SMILES string of the molecule is CCCc1nnc(Cl)n1Cc1cccc(OC)c1. The van der Waals surface area contributed by atoms with Gasteiger partial charge in [0, 0.05) is 6.42 Å². The van der Waals surface area contributed by atoms with Crippen LogP contribution in [0.1, 0.15) is 24.7 Å². The molecule has 1 heterocycles. The smallest absolute Gasteiger partial charge is 0.225 e. The number of aryl methyl sites for hydroxylation is 1. The normalized spacial score (nSPS) is 10.6. The van der Waals surface area contributed by atoms with Crippen LogP contribution in [0.2, 0.25) is 5.28 Å². The van der Waals surface area contributed by atoms with Crippen LogP contribution in [0.3, 0.4) is 0 Å². The Morgan fingerprint density at radius 2 is 2.17 bits per heavy atom. The van der Waals surface area contributed by atoms with Gasteiger partial charge in [-0.1, -0.05) is 19.1 Å². The third-order valence-corrected chi connectivity index (χ3v) is 3.01. The second-order valence-electron chi connectivity index (χ2n) is 4.07. The summed E-state index contributed by atoms with van der Waals surface area (Å²) in [5.74, 6) is 1.76. The van der Waals surface area contributed by atoms with E-state index < -0.39 is 0 Å². The molecule has 1 aromatic carbocycles. The van der Waals surface area contributed by atoms with Gasteiger partial charge in [0.1, 0.15) is 11.6 Å². The number of methoxy groups -OCH3 is 1. The van der Waals surface area contributed by atoms with Gasteiger partial charge in [-0.05, 0) is 35.7 Å². The van der Waals surface area contributed by atoms with E-state index in [2.05, 4.69) is 17.1 Å². The first kappa shape index (κ1) is 12.9. The maximum Gasteiger partial charge on any atom is 0.225 e. The van der Waals surface area contributed by atoms with Gasteiger partial charge in [0.05, 0.1) is 13.7 Å². The second kappa shape index (κ2) is 5.87. The number of hydrogen-bond acceptors (Lipinski definition) is 3. The first-order valence-electron chi connectivity index (χ1n) is 5.95. The number of ether oxygens (including phenoxy) is 1. The second-order valence-corrected chi connectivity index (χ2v) is 4.41. The highest BCUT2D eigenvalue weighted by Gasteiger charge is 2.10. The fourth-order valence-electron chi connectivity index (χ4n) is 1.83. The van der Waals surface area contributed by atoms with Crippen molar-refractivity contribution in [3.8, 4) is 5.75 Å². The van der Waals surface area contributed by atoms with Crippen LogP contribution in [0.5, 0.6) is 5.75 Å². The van der Waals surface area contributed by atoms with Gasteiger partial charge in [-0.3, -0.25) is 4.57 Å². The molecule has 0 saturated heterocycles. The molecule has 0 spiro atoms. The topological polar surface area (TPSA) is 39.9 Å². The van der Waals surface area contributed by atoms with Crippen molar-refractivity contribution in [3.05, 3.63) is 40.9 Å². The van der Waals surface area contributed by atoms with Crippen LogP contribution in [0, 0.1) is 0 Å². The first-order valence-corrected chi connectivity index (χ1v) is 6.33. The van der Waals surface area contributed by atoms with Crippen molar-refractivity contribution in [2.45, 2.75) is 26.3 Å². The van der Waals surface area contributed by atoms with Crippen LogP contribution < -0.4 is 4.74 Å². The average molecular weight is 266 g/mol. The Morgan fingerprint density at radius 3 is 2.89 bits per heavy atom. The van der Waals surface area contributed by atoms with Gasteiger partial charge in [0.25, 0.3) is 0 Å². The average Bonchev–Trinajstić information content (AvgIpc) is 2.72. The van der Waals surface area contributed by atoms with Gasteiger partial charge in [-0.2, -0.15) is 0 Å². The first-order chi connectivity index (χ1) is 8.74. The number of nitrogens with zero attached hydrogens (tertiary/aromatic N) is 3. The third-order valence-electron chi connectivity index (χ3n) is 2.73. The van der Waals surface area contributed by atoms with E-state index in [1.54, 1.807) is 7.11 Å². The molecule has 1 aromatic heterocycles. The van der Waals surface area contributed by atoms with Crippen molar-refractivity contribution in [1.29, 1.82) is 0 Å². The van der Waals surface area contributed by atoms with E-state index in [0.29, 0.717) is 11.8 Å². The fourth-order valence-corrected chi connectivity index (χ4v) is 2.03. The molecule has 18 heavy (non-hydrogen) atoms. The monoisotopic (exact) mass is 265 g/mol. The van der Waals surface area contributed by atoms with Crippen LogP contribution in [0.15, 0.2) is 24.3 Å². The van der Waals surface area contributed by atoms with Crippen LogP contribution in [0.25, 0.3) is 0 Å². The molecule has 5 heteroatoms. The Kier molecular flexibility index (Phi) is 4.20.